The van der Waals surface area contributed by atoms with Crippen LogP contribution in [0.1, 0.15) is 16.7 Å². The Morgan fingerprint density at radius 2 is 2.05 bits per heavy atom. The molecule has 2 nitrogen and oxygen atoms in total. The van der Waals surface area contributed by atoms with Crippen LogP contribution in [0.25, 0.3) is 0 Å². The van der Waals surface area contributed by atoms with Crippen molar-refractivity contribution in [3.8, 4) is 17.6 Å². The maximum absolute atomic E-state index is 13.5. The quantitative estimate of drug-likeness (QED) is 0.771. The first kappa shape index (κ1) is 13.4. The largest absolute Gasteiger partial charge is 0.456 e. The number of alkyl halides is 1. The maximum atomic E-state index is 13.5. The third-order valence-electron chi connectivity index (χ3n) is 2.71. The van der Waals surface area contributed by atoms with Gasteiger partial charge >= 0.3 is 0 Å². The van der Waals surface area contributed by atoms with Gasteiger partial charge in [-0.3, -0.25) is 0 Å². The fourth-order valence-electron chi connectivity index (χ4n) is 1.65. The lowest BCUT2D eigenvalue weighted by Crippen LogP contribution is -1.94. The summed E-state index contributed by atoms with van der Waals surface area (Å²) < 4.78 is 19.1. The first-order chi connectivity index (χ1) is 9.15. The Labute approximate surface area is 116 Å². The molecule has 0 saturated heterocycles. The molecule has 0 amide bonds. The van der Waals surface area contributed by atoms with E-state index in [0.717, 1.165) is 11.1 Å². The number of hydrogen-bond donors (Lipinski definition) is 0. The van der Waals surface area contributed by atoms with Gasteiger partial charge in [-0.2, -0.15) is 5.26 Å². The fourth-order valence-corrected chi connectivity index (χ4v) is 1.82. The van der Waals surface area contributed by atoms with E-state index in [1.807, 2.05) is 19.1 Å². The van der Waals surface area contributed by atoms with Crippen molar-refractivity contribution in [3.05, 3.63) is 58.9 Å². The van der Waals surface area contributed by atoms with E-state index in [1.54, 1.807) is 18.2 Å². The van der Waals surface area contributed by atoms with Crippen LogP contribution >= 0.6 is 11.6 Å². The van der Waals surface area contributed by atoms with Gasteiger partial charge in [0, 0.05) is 5.88 Å². The van der Waals surface area contributed by atoms with Gasteiger partial charge in [0.25, 0.3) is 0 Å². The molecule has 0 aliphatic carbocycles. The molecule has 0 heterocycles. The minimum atomic E-state index is -0.592. The third kappa shape index (κ3) is 2.86. The number of hydrogen-bond acceptors (Lipinski definition) is 2. The van der Waals surface area contributed by atoms with Gasteiger partial charge in [0.2, 0.25) is 0 Å². The molecule has 2 aromatic rings. The highest BCUT2D eigenvalue weighted by Gasteiger charge is 2.11. The van der Waals surface area contributed by atoms with Gasteiger partial charge in [-0.25, -0.2) is 4.39 Å². The molecule has 0 unspecified atom stereocenters. The van der Waals surface area contributed by atoms with Gasteiger partial charge in [0.15, 0.2) is 0 Å². The zero-order valence-electron chi connectivity index (χ0n) is 10.3. The minimum absolute atomic E-state index is 0.0989. The van der Waals surface area contributed by atoms with Crippen molar-refractivity contribution >= 4 is 11.6 Å². The highest BCUT2D eigenvalue weighted by molar-refractivity contribution is 6.17. The second kappa shape index (κ2) is 5.73. The molecular formula is C15H11ClFNO. The standard InChI is InChI=1S/C15H11ClFNO/c1-10-5-6-11(8-16)7-15(10)19-14-4-2-3-13(17)12(14)9-18/h2-7H,8H2,1H3. The van der Waals surface area contributed by atoms with Gasteiger partial charge in [0.1, 0.15) is 28.9 Å². The molecule has 96 valence electrons. The SMILES string of the molecule is Cc1ccc(CCl)cc1Oc1cccc(F)c1C#N. The zero-order valence-corrected chi connectivity index (χ0v) is 11.0. The number of nitriles is 1. The Hall–Kier alpha value is -2.05. The van der Waals surface area contributed by atoms with Gasteiger partial charge < -0.3 is 4.74 Å². The van der Waals surface area contributed by atoms with Crippen LogP contribution in [0.4, 0.5) is 4.39 Å². The van der Waals surface area contributed by atoms with E-state index in [9.17, 15) is 4.39 Å². The molecule has 0 radical (unpaired) electrons. The molecule has 0 spiro atoms. The van der Waals surface area contributed by atoms with Crippen molar-refractivity contribution in [1.29, 1.82) is 5.26 Å². The molecule has 0 saturated carbocycles. The van der Waals surface area contributed by atoms with E-state index in [0.29, 0.717) is 11.6 Å². The van der Waals surface area contributed by atoms with E-state index >= 15 is 0 Å². The highest BCUT2D eigenvalue weighted by Crippen LogP contribution is 2.29. The summed E-state index contributed by atoms with van der Waals surface area (Å²) in [5.41, 5.74) is 1.69. The van der Waals surface area contributed by atoms with Crippen molar-refractivity contribution in [2.24, 2.45) is 0 Å². The van der Waals surface area contributed by atoms with Crippen LogP contribution in [0.3, 0.4) is 0 Å². The Morgan fingerprint density at radius 3 is 2.74 bits per heavy atom. The van der Waals surface area contributed by atoms with Crippen LogP contribution in [0.2, 0.25) is 0 Å². The number of rotatable bonds is 3. The van der Waals surface area contributed by atoms with E-state index in [4.69, 9.17) is 21.6 Å². The number of aryl methyl sites for hydroxylation is 1. The number of nitrogens with zero attached hydrogens (tertiary/aromatic N) is 1. The normalized spacial score (nSPS) is 10.0. The number of benzene rings is 2. The molecular weight excluding hydrogens is 265 g/mol. The summed E-state index contributed by atoms with van der Waals surface area (Å²) in [7, 11) is 0. The van der Waals surface area contributed by atoms with E-state index < -0.39 is 5.82 Å². The lowest BCUT2D eigenvalue weighted by atomic mass is 10.1. The smallest absolute Gasteiger partial charge is 0.148 e. The van der Waals surface area contributed by atoms with Crippen molar-refractivity contribution < 1.29 is 9.13 Å². The summed E-state index contributed by atoms with van der Waals surface area (Å²) in [6.07, 6.45) is 0. The summed E-state index contributed by atoms with van der Waals surface area (Å²) in [5, 5.41) is 8.96. The Kier molecular flexibility index (Phi) is 4.03. The van der Waals surface area contributed by atoms with Crippen LogP contribution in [0.15, 0.2) is 36.4 Å². The topological polar surface area (TPSA) is 33.0 Å². The van der Waals surface area contributed by atoms with Gasteiger partial charge in [-0.05, 0) is 36.2 Å². The molecule has 0 aliphatic rings. The second-order valence-corrected chi connectivity index (χ2v) is 4.33. The van der Waals surface area contributed by atoms with Crippen molar-refractivity contribution in [3.63, 3.8) is 0 Å². The summed E-state index contributed by atoms with van der Waals surface area (Å²) in [5.74, 6) is 0.550. The van der Waals surface area contributed by atoms with Gasteiger partial charge in [-0.15, -0.1) is 11.6 Å². The summed E-state index contributed by atoms with van der Waals surface area (Å²) in [4.78, 5) is 0. The molecule has 2 aromatic carbocycles. The molecule has 4 heteroatoms. The average molecular weight is 276 g/mol. The van der Waals surface area contributed by atoms with E-state index in [-0.39, 0.29) is 11.3 Å². The van der Waals surface area contributed by atoms with Crippen LogP contribution < -0.4 is 4.74 Å². The average Bonchev–Trinajstić information content (AvgIpc) is 2.41. The van der Waals surface area contributed by atoms with Crippen LogP contribution in [0, 0.1) is 24.1 Å². The molecule has 0 N–H and O–H groups in total. The number of ether oxygens (including phenoxy) is 1. The molecule has 0 aliphatic heterocycles. The summed E-state index contributed by atoms with van der Waals surface area (Å²) in [6, 6.07) is 11.7. The van der Waals surface area contributed by atoms with Crippen molar-refractivity contribution in [2.45, 2.75) is 12.8 Å². The van der Waals surface area contributed by atoms with E-state index in [2.05, 4.69) is 0 Å². The van der Waals surface area contributed by atoms with Gasteiger partial charge in [0.05, 0.1) is 0 Å². The molecule has 0 aromatic heterocycles. The summed E-state index contributed by atoms with van der Waals surface area (Å²) in [6.45, 7) is 1.87. The molecule has 0 atom stereocenters. The predicted molar refractivity (Wildman–Crippen MR) is 71.9 cm³/mol. The van der Waals surface area contributed by atoms with Crippen LogP contribution in [-0.2, 0) is 5.88 Å². The van der Waals surface area contributed by atoms with Crippen LogP contribution in [-0.4, -0.2) is 0 Å². The maximum Gasteiger partial charge on any atom is 0.148 e. The second-order valence-electron chi connectivity index (χ2n) is 4.06. The van der Waals surface area contributed by atoms with Crippen molar-refractivity contribution in [1.82, 2.24) is 0 Å². The zero-order chi connectivity index (χ0) is 13.8. The first-order valence-corrected chi connectivity index (χ1v) is 6.21. The fraction of sp³-hybridized carbons (Fsp3) is 0.133. The van der Waals surface area contributed by atoms with E-state index in [1.165, 1.54) is 12.1 Å². The van der Waals surface area contributed by atoms with Crippen molar-refractivity contribution in [2.75, 3.05) is 0 Å². The van der Waals surface area contributed by atoms with Crippen LogP contribution in [0.5, 0.6) is 11.5 Å². The Bertz CT molecular complexity index is 649. The van der Waals surface area contributed by atoms with Gasteiger partial charge in [-0.1, -0.05) is 18.2 Å². The lowest BCUT2D eigenvalue weighted by Gasteiger charge is -2.11. The highest BCUT2D eigenvalue weighted by atomic mass is 35.5. The molecule has 19 heavy (non-hydrogen) atoms. The Balaban J connectivity index is 2.42. The first-order valence-electron chi connectivity index (χ1n) is 5.67. The lowest BCUT2D eigenvalue weighted by molar-refractivity contribution is 0.470. The monoisotopic (exact) mass is 275 g/mol. The molecule has 0 bridgehead atoms. The molecule has 2 rings (SSSR count). The Morgan fingerprint density at radius 1 is 1.26 bits per heavy atom. The third-order valence-corrected chi connectivity index (χ3v) is 3.02. The number of halogens is 2. The predicted octanol–water partition coefficient (Wildman–Crippen LogP) is 4.54. The summed E-state index contributed by atoms with van der Waals surface area (Å²) >= 11 is 5.77. The molecule has 0 fully saturated rings. The minimum Gasteiger partial charge on any atom is -0.456 e.